The number of rotatable bonds is 3. The van der Waals surface area contributed by atoms with Gasteiger partial charge in [-0.2, -0.15) is 0 Å². The number of hydrogen-bond acceptors (Lipinski definition) is 1. The second kappa shape index (κ2) is 5.86. The van der Waals surface area contributed by atoms with E-state index in [9.17, 15) is 9.18 Å². The van der Waals surface area contributed by atoms with Crippen LogP contribution in [0.5, 0.6) is 0 Å². The molecule has 2 nitrogen and oxygen atoms in total. The SMILES string of the molecule is O=C(NC1(CBr)CCCC1)c1ccc(F)cc1I. The summed E-state index contributed by atoms with van der Waals surface area (Å²) in [6.45, 7) is 0. The number of hydrogen-bond donors (Lipinski definition) is 1. The van der Waals surface area contributed by atoms with E-state index in [0.29, 0.717) is 9.13 Å². The van der Waals surface area contributed by atoms with Gasteiger partial charge in [-0.3, -0.25) is 4.79 Å². The van der Waals surface area contributed by atoms with Crippen LogP contribution < -0.4 is 5.32 Å². The lowest BCUT2D eigenvalue weighted by atomic mass is 10.00. The van der Waals surface area contributed by atoms with Gasteiger partial charge in [-0.25, -0.2) is 4.39 Å². The van der Waals surface area contributed by atoms with Gasteiger partial charge in [0.15, 0.2) is 0 Å². The Labute approximate surface area is 128 Å². The van der Waals surface area contributed by atoms with E-state index in [4.69, 9.17) is 0 Å². The molecule has 1 N–H and O–H groups in total. The molecule has 0 aliphatic heterocycles. The standard InChI is InChI=1S/C13H14BrFINO/c14-8-13(5-1-2-6-13)17-12(18)10-4-3-9(15)7-11(10)16/h3-4,7H,1-2,5-6,8H2,(H,17,18). The molecule has 98 valence electrons. The summed E-state index contributed by atoms with van der Waals surface area (Å²) in [7, 11) is 0. The van der Waals surface area contributed by atoms with E-state index in [-0.39, 0.29) is 17.3 Å². The Balaban J connectivity index is 2.16. The number of carbonyl (C=O) groups excluding carboxylic acids is 1. The van der Waals surface area contributed by atoms with E-state index in [1.165, 1.54) is 12.1 Å². The minimum Gasteiger partial charge on any atom is -0.346 e. The van der Waals surface area contributed by atoms with Crippen LogP contribution in [0.2, 0.25) is 0 Å². The molecule has 18 heavy (non-hydrogen) atoms. The molecule has 0 radical (unpaired) electrons. The third-order valence-electron chi connectivity index (χ3n) is 3.37. The van der Waals surface area contributed by atoms with E-state index in [2.05, 4.69) is 21.2 Å². The van der Waals surface area contributed by atoms with Crippen LogP contribution in [0.3, 0.4) is 0 Å². The van der Waals surface area contributed by atoms with Crippen molar-refractivity contribution in [1.82, 2.24) is 5.32 Å². The van der Waals surface area contributed by atoms with Crippen molar-refractivity contribution in [2.24, 2.45) is 0 Å². The molecule has 0 spiro atoms. The average Bonchev–Trinajstić information content (AvgIpc) is 2.78. The quantitative estimate of drug-likeness (QED) is 0.578. The first-order valence-electron chi connectivity index (χ1n) is 5.90. The van der Waals surface area contributed by atoms with Crippen molar-refractivity contribution < 1.29 is 9.18 Å². The van der Waals surface area contributed by atoms with Gasteiger partial charge in [0.05, 0.1) is 11.1 Å². The molecular weight excluding hydrogens is 412 g/mol. The summed E-state index contributed by atoms with van der Waals surface area (Å²) in [4.78, 5) is 12.2. The molecule has 0 aromatic heterocycles. The third kappa shape index (κ3) is 3.04. The Bertz CT molecular complexity index is 460. The maximum Gasteiger partial charge on any atom is 0.252 e. The van der Waals surface area contributed by atoms with Gasteiger partial charge in [-0.15, -0.1) is 0 Å². The van der Waals surface area contributed by atoms with Crippen LogP contribution in [0, 0.1) is 9.39 Å². The summed E-state index contributed by atoms with van der Waals surface area (Å²) in [6, 6.07) is 4.25. The monoisotopic (exact) mass is 425 g/mol. The minimum absolute atomic E-state index is 0.110. The first kappa shape index (κ1) is 14.2. The predicted octanol–water partition coefficient (Wildman–Crippen LogP) is 3.87. The second-order valence-electron chi connectivity index (χ2n) is 4.70. The zero-order chi connectivity index (χ0) is 13.2. The number of carbonyl (C=O) groups is 1. The van der Waals surface area contributed by atoms with Crippen LogP contribution >= 0.6 is 38.5 Å². The lowest BCUT2D eigenvalue weighted by Crippen LogP contribution is -2.47. The van der Waals surface area contributed by atoms with Gasteiger partial charge < -0.3 is 5.32 Å². The summed E-state index contributed by atoms with van der Waals surface area (Å²) in [6.07, 6.45) is 4.29. The molecule has 0 heterocycles. The average molecular weight is 426 g/mol. The number of halogens is 3. The fourth-order valence-corrected chi connectivity index (χ4v) is 3.75. The Morgan fingerprint density at radius 3 is 2.67 bits per heavy atom. The van der Waals surface area contributed by atoms with Crippen molar-refractivity contribution >= 4 is 44.4 Å². The molecule has 0 bridgehead atoms. The van der Waals surface area contributed by atoms with E-state index >= 15 is 0 Å². The second-order valence-corrected chi connectivity index (χ2v) is 6.42. The molecular formula is C13H14BrFINO. The Kier molecular flexibility index (Phi) is 4.64. The lowest BCUT2D eigenvalue weighted by molar-refractivity contribution is 0.0909. The van der Waals surface area contributed by atoms with Gasteiger partial charge in [0.2, 0.25) is 0 Å². The van der Waals surface area contributed by atoms with E-state index < -0.39 is 0 Å². The van der Waals surface area contributed by atoms with E-state index in [0.717, 1.165) is 31.0 Å². The van der Waals surface area contributed by atoms with Gasteiger partial charge in [0.1, 0.15) is 5.82 Å². The van der Waals surface area contributed by atoms with Crippen molar-refractivity contribution in [3.8, 4) is 0 Å². The smallest absolute Gasteiger partial charge is 0.252 e. The molecule has 0 unspecified atom stereocenters. The highest BCUT2D eigenvalue weighted by Crippen LogP contribution is 2.31. The fourth-order valence-electron chi connectivity index (χ4n) is 2.33. The summed E-state index contributed by atoms with van der Waals surface area (Å²) >= 11 is 5.48. The molecule has 0 atom stereocenters. The van der Waals surface area contributed by atoms with Crippen molar-refractivity contribution in [3.05, 3.63) is 33.1 Å². The molecule has 5 heteroatoms. The highest BCUT2D eigenvalue weighted by atomic mass is 127. The van der Waals surface area contributed by atoms with Crippen LogP contribution in [-0.4, -0.2) is 16.8 Å². The summed E-state index contributed by atoms with van der Waals surface area (Å²) in [5.41, 5.74) is 0.415. The molecule has 0 saturated heterocycles. The normalized spacial score (nSPS) is 17.7. The van der Waals surface area contributed by atoms with Gasteiger partial charge >= 0.3 is 0 Å². The minimum atomic E-state index is -0.313. The molecule has 1 saturated carbocycles. The maximum atomic E-state index is 13.0. The maximum absolute atomic E-state index is 13.0. The number of nitrogens with one attached hydrogen (secondary N) is 1. The van der Waals surface area contributed by atoms with Crippen molar-refractivity contribution in [1.29, 1.82) is 0 Å². The lowest BCUT2D eigenvalue weighted by Gasteiger charge is -2.28. The molecule has 1 aliphatic rings. The van der Waals surface area contributed by atoms with Gasteiger partial charge in [0, 0.05) is 8.90 Å². The fraction of sp³-hybridized carbons (Fsp3) is 0.462. The first-order valence-corrected chi connectivity index (χ1v) is 8.10. The van der Waals surface area contributed by atoms with Gasteiger partial charge in [0.25, 0.3) is 5.91 Å². The molecule has 1 aromatic rings. The van der Waals surface area contributed by atoms with Crippen LogP contribution in [0.15, 0.2) is 18.2 Å². The predicted molar refractivity (Wildman–Crippen MR) is 81.6 cm³/mol. The van der Waals surface area contributed by atoms with Crippen LogP contribution in [0.25, 0.3) is 0 Å². The van der Waals surface area contributed by atoms with Gasteiger partial charge in [-0.1, -0.05) is 28.8 Å². The first-order chi connectivity index (χ1) is 8.56. The molecule has 1 aromatic carbocycles. The zero-order valence-electron chi connectivity index (χ0n) is 9.81. The summed E-state index contributed by atoms with van der Waals surface area (Å²) in [5, 5.41) is 3.87. The van der Waals surface area contributed by atoms with Crippen LogP contribution in [0.1, 0.15) is 36.0 Å². The Morgan fingerprint density at radius 1 is 1.44 bits per heavy atom. The number of alkyl halides is 1. The van der Waals surface area contributed by atoms with Crippen molar-refractivity contribution in [3.63, 3.8) is 0 Å². The number of amides is 1. The molecule has 2 rings (SSSR count). The molecule has 1 fully saturated rings. The number of benzene rings is 1. The largest absolute Gasteiger partial charge is 0.346 e. The summed E-state index contributed by atoms with van der Waals surface area (Å²) in [5.74, 6) is -0.423. The molecule has 1 aliphatic carbocycles. The topological polar surface area (TPSA) is 29.1 Å². The zero-order valence-corrected chi connectivity index (χ0v) is 13.6. The van der Waals surface area contributed by atoms with Crippen molar-refractivity contribution in [2.75, 3.05) is 5.33 Å². The highest BCUT2D eigenvalue weighted by molar-refractivity contribution is 14.1. The van der Waals surface area contributed by atoms with E-state index in [1.807, 2.05) is 22.6 Å². The Morgan fingerprint density at radius 2 is 2.11 bits per heavy atom. The highest BCUT2D eigenvalue weighted by Gasteiger charge is 2.34. The van der Waals surface area contributed by atoms with Crippen molar-refractivity contribution in [2.45, 2.75) is 31.2 Å². The Hall–Kier alpha value is -0.170. The third-order valence-corrected chi connectivity index (χ3v) is 5.34. The van der Waals surface area contributed by atoms with Gasteiger partial charge in [-0.05, 0) is 53.6 Å². The van der Waals surface area contributed by atoms with Crippen LogP contribution in [0.4, 0.5) is 4.39 Å². The summed E-state index contributed by atoms with van der Waals surface area (Å²) < 4.78 is 13.7. The van der Waals surface area contributed by atoms with E-state index in [1.54, 1.807) is 6.07 Å². The molecule has 1 amide bonds. The van der Waals surface area contributed by atoms with Crippen LogP contribution in [-0.2, 0) is 0 Å².